The Morgan fingerprint density at radius 3 is 2.22 bits per heavy atom. The molecule has 0 aliphatic rings. The summed E-state index contributed by atoms with van der Waals surface area (Å²) in [6.45, 7) is 5.41. The smallest absolute Gasteiger partial charge is 0.0796 e. The lowest BCUT2D eigenvalue weighted by Crippen LogP contribution is -2.27. The second-order valence-corrected chi connectivity index (χ2v) is 6.19. The van der Waals surface area contributed by atoms with Crippen LogP contribution in [0.3, 0.4) is 0 Å². The van der Waals surface area contributed by atoms with Gasteiger partial charge in [-0.1, -0.05) is 54.6 Å². The van der Waals surface area contributed by atoms with Gasteiger partial charge in [0.15, 0.2) is 0 Å². The molecule has 2 aromatic rings. The number of aliphatic hydroxyl groups is 1. The van der Waals surface area contributed by atoms with Crippen LogP contribution >= 0.6 is 12.4 Å². The minimum Gasteiger partial charge on any atom is -0.388 e. The van der Waals surface area contributed by atoms with Gasteiger partial charge in [0.25, 0.3) is 0 Å². The Kier molecular flexibility index (Phi) is 8.32. The lowest BCUT2D eigenvalue weighted by atomic mass is 9.94. The maximum absolute atomic E-state index is 10.6. The van der Waals surface area contributed by atoms with Gasteiger partial charge in [-0.25, -0.2) is 0 Å². The van der Waals surface area contributed by atoms with E-state index in [-0.39, 0.29) is 12.4 Å². The minimum absolute atomic E-state index is 0. The standard InChI is InChI=1S/C20H27NO.ClH/c1-16(2)21(3)15-9-14-20(22)19-13-8-7-12-18(19)17-10-5-4-6-11-17;/h4-8,10-13,16,20,22H,9,14-15H2,1-3H3;1H. The molecule has 0 spiro atoms. The van der Waals surface area contributed by atoms with Crippen molar-refractivity contribution in [3.8, 4) is 11.1 Å². The van der Waals surface area contributed by atoms with Crippen LogP contribution < -0.4 is 0 Å². The van der Waals surface area contributed by atoms with Gasteiger partial charge in [-0.2, -0.15) is 0 Å². The quantitative estimate of drug-likeness (QED) is 0.776. The average Bonchev–Trinajstić information content (AvgIpc) is 2.55. The summed E-state index contributed by atoms with van der Waals surface area (Å²) in [5, 5.41) is 10.6. The number of hydrogen-bond donors (Lipinski definition) is 1. The van der Waals surface area contributed by atoms with Crippen molar-refractivity contribution in [1.82, 2.24) is 4.90 Å². The van der Waals surface area contributed by atoms with E-state index in [9.17, 15) is 5.11 Å². The Labute approximate surface area is 146 Å². The summed E-state index contributed by atoms with van der Waals surface area (Å²) in [4.78, 5) is 2.32. The molecule has 3 heteroatoms. The summed E-state index contributed by atoms with van der Waals surface area (Å²) in [5.74, 6) is 0. The van der Waals surface area contributed by atoms with Crippen LogP contribution in [0.15, 0.2) is 54.6 Å². The zero-order valence-corrected chi connectivity index (χ0v) is 15.1. The number of hydrogen-bond acceptors (Lipinski definition) is 2. The van der Waals surface area contributed by atoms with Crippen molar-refractivity contribution < 1.29 is 5.11 Å². The molecule has 0 aromatic heterocycles. The highest BCUT2D eigenvalue weighted by Crippen LogP contribution is 2.30. The van der Waals surface area contributed by atoms with E-state index in [2.05, 4.69) is 44.0 Å². The van der Waals surface area contributed by atoms with Crippen LogP contribution in [-0.2, 0) is 0 Å². The van der Waals surface area contributed by atoms with Gasteiger partial charge < -0.3 is 10.0 Å². The van der Waals surface area contributed by atoms with E-state index in [0.717, 1.165) is 36.1 Å². The lowest BCUT2D eigenvalue weighted by Gasteiger charge is -2.22. The van der Waals surface area contributed by atoms with Crippen molar-refractivity contribution in [3.05, 3.63) is 60.2 Å². The van der Waals surface area contributed by atoms with Crippen molar-refractivity contribution >= 4 is 12.4 Å². The van der Waals surface area contributed by atoms with Crippen LogP contribution in [0.25, 0.3) is 11.1 Å². The summed E-state index contributed by atoms with van der Waals surface area (Å²) >= 11 is 0. The van der Waals surface area contributed by atoms with Crippen molar-refractivity contribution in [1.29, 1.82) is 0 Å². The van der Waals surface area contributed by atoms with E-state index in [1.165, 1.54) is 0 Å². The first-order chi connectivity index (χ1) is 10.6. The number of halogens is 1. The van der Waals surface area contributed by atoms with Crippen LogP contribution in [0, 0.1) is 0 Å². The highest BCUT2D eigenvalue weighted by molar-refractivity contribution is 5.85. The first-order valence-corrected chi connectivity index (χ1v) is 8.12. The Balaban J connectivity index is 0.00000264. The van der Waals surface area contributed by atoms with Crippen molar-refractivity contribution in [3.63, 3.8) is 0 Å². The fourth-order valence-electron chi connectivity index (χ4n) is 2.62. The third-order valence-electron chi connectivity index (χ3n) is 4.27. The molecule has 1 atom stereocenters. The molecule has 2 aromatic carbocycles. The van der Waals surface area contributed by atoms with Crippen LogP contribution in [0.4, 0.5) is 0 Å². The highest BCUT2D eigenvalue weighted by atomic mass is 35.5. The largest absolute Gasteiger partial charge is 0.388 e. The van der Waals surface area contributed by atoms with Gasteiger partial charge in [-0.3, -0.25) is 0 Å². The molecule has 0 aliphatic carbocycles. The van der Waals surface area contributed by atoms with E-state index in [0.29, 0.717) is 6.04 Å². The third-order valence-corrected chi connectivity index (χ3v) is 4.27. The zero-order chi connectivity index (χ0) is 15.9. The van der Waals surface area contributed by atoms with Crippen LogP contribution in [0.1, 0.15) is 38.4 Å². The third kappa shape index (κ3) is 5.65. The lowest BCUT2D eigenvalue weighted by molar-refractivity contribution is 0.155. The van der Waals surface area contributed by atoms with Gasteiger partial charge >= 0.3 is 0 Å². The number of nitrogens with zero attached hydrogens (tertiary/aromatic N) is 1. The second kappa shape index (κ2) is 9.71. The van der Waals surface area contributed by atoms with E-state index in [1.807, 2.05) is 36.4 Å². The van der Waals surface area contributed by atoms with Gasteiger partial charge in [-0.05, 0) is 57.0 Å². The average molecular weight is 334 g/mol. The molecule has 1 unspecified atom stereocenters. The van der Waals surface area contributed by atoms with Crippen molar-refractivity contribution in [2.24, 2.45) is 0 Å². The number of rotatable bonds is 7. The van der Waals surface area contributed by atoms with E-state index < -0.39 is 6.10 Å². The van der Waals surface area contributed by atoms with Crippen molar-refractivity contribution in [2.75, 3.05) is 13.6 Å². The Bertz CT molecular complexity index is 571. The molecule has 0 amide bonds. The van der Waals surface area contributed by atoms with Crippen molar-refractivity contribution in [2.45, 2.75) is 38.8 Å². The van der Waals surface area contributed by atoms with Gasteiger partial charge in [0.05, 0.1) is 6.10 Å². The molecule has 0 saturated heterocycles. The maximum atomic E-state index is 10.6. The molecule has 1 N–H and O–H groups in total. The molecule has 0 fully saturated rings. The molecule has 0 saturated carbocycles. The van der Waals surface area contributed by atoms with Gasteiger partial charge in [0.1, 0.15) is 0 Å². The molecule has 0 bridgehead atoms. The summed E-state index contributed by atoms with van der Waals surface area (Å²) in [6, 6.07) is 19.0. The van der Waals surface area contributed by atoms with Crippen LogP contribution in [-0.4, -0.2) is 29.6 Å². The fraction of sp³-hybridized carbons (Fsp3) is 0.400. The zero-order valence-electron chi connectivity index (χ0n) is 14.3. The second-order valence-electron chi connectivity index (χ2n) is 6.19. The molecule has 0 radical (unpaired) electrons. The van der Waals surface area contributed by atoms with Gasteiger partial charge in [0, 0.05) is 6.04 Å². The number of aliphatic hydroxyl groups excluding tert-OH is 1. The topological polar surface area (TPSA) is 23.5 Å². The molecule has 2 rings (SSSR count). The SMILES string of the molecule is CC(C)N(C)CCCC(O)c1ccccc1-c1ccccc1.Cl. The fourth-order valence-corrected chi connectivity index (χ4v) is 2.62. The summed E-state index contributed by atoms with van der Waals surface area (Å²) in [7, 11) is 2.13. The monoisotopic (exact) mass is 333 g/mol. The predicted octanol–water partition coefficient (Wildman–Crippen LogP) is 4.93. The van der Waals surface area contributed by atoms with E-state index in [4.69, 9.17) is 0 Å². The van der Waals surface area contributed by atoms with E-state index in [1.54, 1.807) is 0 Å². The predicted molar refractivity (Wildman–Crippen MR) is 101 cm³/mol. The molecule has 126 valence electrons. The first-order valence-electron chi connectivity index (χ1n) is 8.12. The normalized spacial score (nSPS) is 12.3. The summed E-state index contributed by atoms with van der Waals surface area (Å²) < 4.78 is 0. The molecule has 0 heterocycles. The Morgan fingerprint density at radius 2 is 1.57 bits per heavy atom. The molecular weight excluding hydrogens is 306 g/mol. The Morgan fingerprint density at radius 1 is 0.957 bits per heavy atom. The number of benzene rings is 2. The first kappa shape index (κ1) is 19.7. The minimum atomic E-state index is -0.406. The van der Waals surface area contributed by atoms with E-state index >= 15 is 0 Å². The van der Waals surface area contributed by atoms with Gasteiger partial charge in [-0.15, -0.1) is 12.4 Å². The molecular formula is C20H28ClNO. The van der Waals surface area contributed by atoms with Gasteiger partial charge in [0.2, 0.25) is 0 Å². The Hall–Kier alpha value is -1.35. The molecule has 2 nitrogen and oxygen atoms in total. The summed E-state index contributed by atoms with van der Waals surface area (Å²) in [5.41, 5.74) is 3.32. The highest BCUT2D eigenvalue weighted by Gasteiger charge is 2.13. The molecule has 0 aliphatic heterocycles. The van der Waals surface area contributed by atoms with Crippen LogP contribution in [0.5, 0.6) is 0 Å². The molecule has 23 heavy (non-hydrogen) atoms. The maximum Gasteiger partial charge on any atom is 0.0796 e. The summed E-state index contributed by atoms with van der Waals surface area (Å²) in [6.07, 6.45) is 1.39. The van der Waals surface area contributed by atoms with Crippen LogP contribution in [0.2, 0.25) is 0 Å².